The van der Waals surface area contributed by atoms with Crippen LogP contribution in [-0.4, -0.2) is 88.5 Å². The number of sulfonamides is 1. The third kappa shape index (κ3) is 12.2. The number of nitrogens with one attached hydrogen (secondary N) is 2. The highest BCUT2D eigenvalue weighted by Gasteiger charge is 2.39. The van der Waals surface area contributed by atoms with Crippen molar-refractivity contribution in [1.82, 2.24) is 15.1 Å². The van der Waals surface area contributed by atoms with Crippen molar-refractivity contribution in [2.75, 3.05) is 45.7 Å². The zero-order valence-corrected chi connectivity index (χ0v) is 19.1. The highest BCUT2D eigenvalue weighted by atomic mass is 32.2. The summed E-state index contributed by atoms with van der Waals surface area (Å²) in [6.45, 7) is 0.417. The Morgan fingerprint density at radius 2 is 1.73 bits per heavy atom. The van der Waals surface area contributed by atoms with Crippen molar-refractivity contribution in [3.8, 4) is 0 Å². The van der Waals surface area contributed by atoms with E-state index in [0.717, 1.165) is 5.48 Å². The molecule has 1 aliphatic heterocycles. The average Bonchev–Trinajstić information content (AvgIpc) is 2.75. The minimum Gasteiger partial charge on any atom is -0.445 e. The fourth-order valence-electron chi connectivity index (χ4n) is 2.91. The number of ether oxygens (including phenoxy) is 2. The number of alkyl carbamates (subject to hydrolysis) is 1. The molecule has 1 atom stereocenters. The van der Waals surface area contributed by atoms with Crippen molar-refractivity contribution < 1.29 is 50.3 Å². The van der Waals surface area contributed by atoms with E-state index in [-0.39, 0.29) is 25.3 Å². The molecule has 1 saturated heterocycles. The number of rotatable bonds is 14. The molecule has 1 aliphatic rings. The van der Waals surface area contributed by atoms with Crippen molar-refractivity contribution in [1.29, 1.82) is 0 Å². The van der Waals surface area contributed by atoms with Gasteiger partial charge in [0.05, 0.1) is 13.2 Å². The van der Waals surface area contributed by atoms with E-state index in [1.165, 1.54) is 11.4 Å². The first-order valence-corrected chi connectivity index (χ1v) is 12.0. The normalized spacial score (nSPS) is 16.1. The molecule has 33 heavy (non-hydrogen) atoms. The zero-order valence-electron chi connectivity index (χ0n) is 18.3. The second-order valence-electron chi connectivity index (χ2n) is 7.28. The van der Waals surface area contributed by atoms with Crippen LogP contribution < -0.4 is 10.8 Å². The minimum absolute atomic E-state index is 0.0471. The summed E-state index contributed by atoms with van der Waals surface area (Å²) >= 11 is 0. The number of nitrogens with zero attached hydrogens (tertiary/aromatic N) is 1. The van der Waals surface area contributed by atoms with Gasteiger partial charge >= 0.3 is 18.2 Å². The van der Waals surface area contributed by atoms with Crippen LogP contribution in [0.25, 0.3) is 0 Å². The molecule has 0 saturated carbocycles. The summed E-state index contributed by atoms with van der Waals surface area (Å²) in [6.07, 6.45) is -4.15. The molecule has 0 bridgehead atoms. The summed E-state index contributed by atoms with van der Waals surface area (Å²) < 4.78 is 72.7. The third-order valence-corrected chi connectivity index (χ3v) is 6.57. The van der Waals surface area contributed by atoms with Gasteiger partial charge in [-0.05, 0) is 19.3 Å². The Bertz CT molecular complexity index is 743. The summed E-state index contributed by atoms with van der Waals surface area (Å²) in [5.74, 6) is -3.12. The lowest BCUT2D eigenvalue weighted by Gasteiger charge is -2.28. The summed E-state index contributed by atoms with van der Waals surface area (Å²) in [4.78, 5) is 37.9. The van der Waals surface area contributed by atoms with Crippen LogP contribution in [0.2, 0.25) is 0 Å². The third-order valence-electron chi connectivity index (χ3n) is 4.62. The van der Waals surface area contributed by atoms with Crippen LogP contribution in [0.4, 0.5) is 18.0 Å². The SMILES string of the molecule is CNC(=O)OC(CCCCCCC(=O)CONC(=O)C(F)(F)F)CS(=O)(=O)N1CCOCC1. The smallest absolute Gasteiger partial charge is 0.445 e. The van der Waals surface area contributed by atoms with Crippen LogP contribution in [-0.2, 0) is 33.9 Å². The molecule has 1 fully saturated rings. The summed E-state index contributed by atoms with van der Waals surface area (Å²) in [5.41, 5.74) is 1.15. The van der Waals surface area contributed by atoms with Crippen LogP contribution in [0.3, 0.4) is 0 Å². The van der Waals surface area contributed by atoms with Crippen molar-refractivity contribution in [3.05, 3.63) is 0 Å². The first-order chi connectivity index (χ1) is 15.5. The van der Waals surface area contributed by atoms with Crippen LogP contribution in [0.5, 0.6) is 0 Å². The Balaban J connectivity index is 2.31. The number of ketones is 1. The van der Waals surface area contributed by atoms with E-state index in [9.17, 15) is 36.0 Å². The first-order valence-electron chi connectivity index (χ1n) is 10.4. The van der Waals surface area contributed by atoms with E-state index in [4.69, 9.17) is 9.47 Å². The second-order valence-corrected chi connectivity index (χ2v) is 9.29. The maximum Gasteiger partial charge on any atom is 0.473 e. The highest BCUT2D eigenvalue weighted by Crippen LogP contribution is 2.16. The quantitative estimate of drug-likeness (QED) is 0.262. The molecule has 0 radical (unpaired) electrons. The van der Waals surface area contributed by atoms with Gasteiger partial charge in [0.15, 0.2) is 5.78 Å². The van der Waals surface area contributed by atoms with E-state index >= 15 is 0 Å². The zero-order chi connectivity index (χ0) is 24.9. The van der Waals surface area contributed by atoms with Crippen LogP contribution in [0.1, 0.15) is 38.5 Å². The van der Waals surface area contributed by atoms with E-state index in [1.54, 1.807) is 0 Å². The van der Waals surface area contributed by atoms with Gasteiger partial charge in [0.2, 0.25) is 10.0 Å². The van der Waals surface area contributed by atoms with Gasteiger partial charge in [0.1, 0.15) is 18.5 Å². The molecule has 2 N–H and O–H groups in total. The van der Waals surface area contributed by atoms with E-state index in [2.05, 4.69) is 10.2 Å². The van der Waals surface area contributed by atoms with Gasteiger partial charge in [-0.3, -0.25) is 14.4 Å². The Hall–Kier alpha value is -1.97. The number of hydroxylamine groups is 1. The predicted molar refractivity (Wildman–Crippen MR) is 108 cm³/mol. The van der Waals surface area contributed by atoms with Crippen molar-refractivity contribution in [3.63, 3.8) is 0 Å². The molecule has 11 nitrogen and oxygen atoms in total. The number of carbonyl (C=O) groups is 3. The van der Waals surface area contributed by atoms with Crippen LogP contribution >= 0.6 is 0 Å². The van der Waals surface area contributed by atoms with Gasteiger partial charge in [-0.2, -0.15) is 17.5 Å². The number of amides is 2. The molecule has 0 aromatic rings. The number of hydrogen-bond donors (Lipinski definition) is 2. The van der Waals surface area contributed by atoms with Crippen LogP contribution in [0.15, 0.2) is 0 Å². The molecule has 1 heterocycles. The van der Waals surface area contributed by atoms with Gasteiger partial charge in [0, 0.05) is 26.6 Å². The number of carbonyl (C=O) groups excluding carboxylic acids is 3. The topological polar surface area (TPSA) is 140 Å². The molecule has 0 spiro atoms. The van der Waals surface area contributed by atoms with Crippen molar-refractivity contribution in [2.45, 2.75) is 50.8 Å². The monoisotopic (exact) mass is 505 g/mol. The lowest BCUT2D eigenvalue weighted by molar-refractivity contribution is -0.186. The maximum absolute atomic E-state index is 12.6. The molecule has 0 aromatic heterocycles. The number of unbranched alkanes of at least 4 members (excludes halogenated alkanes) is 3. The molecule has 0 aliphatic carbocycles. The Morgan fingerprint density at radius 3 is 2.33 bits per heavy atom. The van der Waals surface area contributed by atoms with Crippen LogP contribution in [0, 0.1) is 0 Å². The standard InChI is InChI=1S/C18H30F3N3O8S/c1-22-17(27)32-15(13-33(28,29)24-8-10-30-11-9-24)7-5-3-2-4-6-14(25)12-31-23-16(26)18(19,20)21/h15H,2-13H2,1H3,(H,22,27)(H,23,26). The second kappa shape index (κ2) is 14.3. The predicted octanol–water partition coefficient (Wildman–Crippen LogP) is 0.893. The lowest BCUT2D eigenvalue weighted by Crippen LogP contribution is -2.44. The van der Waals surface area contributed by atoms with Gasteiger partial charge < -0.3 is 14.8 Å². The Morgan fingerprint density at radius 1 is 1.09 bits per heavy atom. The number of alkyl halides is 3. The Labute approximate surface area is 190 Å². The summed E-state index contributed by atoms with van der Waals surface area (Å²) in [6, 6.07) is 0. The van der Waals surface area contributed by atoms with Gasteiger partial charge in [-0.25, -0.2) is 18.7 Å². The average molecular weight is 506 g/mol. The Kier molecular flexibility index (Phi) is 12.6. The summed E-state index contributed by atoms with van der Waals surface area (Å²) in [5, 5.41) is 2.29. The highest BCUT2D eigenvalue weighted by molar-refractivity contribution is 7.89. The number of hydrogen-bond acceptors (Lipinski definition) is 8. The van der Waals surface area contributed by atoms with Crippen molar-refractivity contribution in [2.24, 2.45) is 0 Å². The summed E-state index contributed by atoms with van der Waals surface area (Å²) in [7, 11) is -2.26. The number of Topliss-reactive ketones (excluding diaryl/α,β-unsaturated/α-hetero) is 1. The van der Waals surface area contributed by atoms with Gasteiger partial charge in [-0.15, -0.1) is 0 Å². The van der Waals surface area contributed by atoms with E-state index < -0.39 is 46.7 Å². The molecule has 15 heteroatoms. The molecule has 0 aromatic carbocycles. The molecule has 1 rings (SSSR count). The molecule has 1 unspecified atom stereocenters. The fraction of sp³-hybridized carbons (Fsp3) is 0.833. The number of morpholine rings is 1. The number of halogens is 3. The van der Waals surface area contributed by atoms with Crippen molar-refractivity contribution >= 4 is 27.8 Å². The maximum atomic E-state index is 12.6. The molecular formula is C18H30F3N3O8S. The molecular weight excluding hydrogens is 475 g/mol. The lowest BCUT2D eigenvalue weighted by atomic mass is 10.1. The van der Waals surface area contributed by atoms with Gasteiger partial charge in [0.25, 0.3) is 0 Å². The van der Waals surface area contributed by atoms with Gasteiger partial charge in [-0.1, -0.05) is 12.8 Å². The van der Waals surface area contributed by atoms with E-state index in [0.29, 0.717) is 45.3 Å². The largest absolute Gasteiger partial charge is 0.473 e. The minimum atomic E-state index is -5.09. The fourth-order valence-corrected chi connectivity index (χ4v) is 4.53. The molecule has 2 amide bonds. The first kappa shape index (κ1) is 29.1. The molecule has 192 valence electrons. The van der Waals surface area contributed by atoms with E-state index in [1.807, 2.05) is 0 Å².